The zero-order valence-corrected chi connectivity index (χ0v) is 16.3. The van der Waals surface area contributed by atoms with Gasteiger partial charge in [0.2, 0.25) is 5.91 Å². The first-order chi connectivity index (χ1) is 12.1. The lowest BCUT2D eigenvalue weighted by Crippen LogP contribution is -2.53. The maximum atomic E-state index is 12.9. The summed E-state index contributed by atoms with van der Waals surface area (Å²) in [7, 11) is 1.68. The number of likely N-dealkylation sites (N-methyl/N-ethyl adjacent to an activating group) is 1. The Morgan fingerprint density at radius 1 is 1.38 bits per heavy atom. The Labute approximate surface area is 163 Å². The number of benzene rings is 1. The summed E-state index contributed by atoms with van der Waals surface area (Å²) in [6.45, 7) is 1.18. The molecule has 1 unspecified atom stereocenters. The van der Waals surface area contributed by atoms with Crippen LogP contribution in [0.25, 0.3) is 0 Å². The van der Waals surface area contributed by atoms with E-state index in [2.05, 4.69) is 4.98 Å². The van der Waals surface area contributed by atoms with Crippen LogP contribution in [0, 0.1) is 0 Å². The van der Waals surface area contributed by atoms with Gasteiger partial charge in [-0.1, -0.05) is 18.2 Å². The highest BCUT2D eigenvalue weighted by molar-refractivity contribution is 7.09. The zero-order chi connectivity index (χ0) is 17.8. The molecule has 0 saturated carbocycles. The Kier molecular flexibility index (Phi) is 7.14. The van der Waals surface area contributed by atoms with Gasteiger partial charge in [0.25, 0.3) is 5.91 Å². The fourth-order valence-corrected chi connectivity index (χ4v) is 3.84. The summed E-state index contributed by atoms with van der Waals surface area (Å²) in [4.78, 5) is 33.3. The van der Waals surface area contributed by atoms with Gasteiger partial charge in [-0.05, 0) is 31.5 Å². The Morgan fingerprint density at radius 3 is 2.81 bits per heavy atom. The van der Waals surface area contributed by atoms with Crippen LogP contribution in [0.5, 0.6) is 0 Å². The third-order valence-corrected chi connectivity index (χ3v) is 5.30. The van der Waals surface area contributed by atoms with Crippen molar-refractivity contribution in [1.82, 2.24) is 9.88 Å². The first-order valence-electron chi connectivity index (χ1n) is 8.40. The number of halogens is 1. The SMILES string of the molecule is CN(C(=O)c1csc(CCN)n1)C1CCCN(c2ccccc2)C1=O.Cl. The molecule has 3 rings (SSSR count). The van der Waals surface area contributed by atoms with Crippen LogP contribution >= 0.6 is 23.7 Å². The molecule has 2 amide bonds. The van der Waals surface area contributed by atoms with Gasteiger partial charge >= 0.3 is 0 Å². The van der Waals surface area contributed by atoms with Gasteiger partial charge in [-0.3, -0.25) is 9.59 Å². The molecule has 26 heavy (non-hydrogen) atoms. The number of hydrogen-bond acceptors (Lipinski definition) is 5. The average molecular weight is 395 g/mol. The largest absolute Gasteiger partial charge is 0.330 e. The van der Waals surface area contributed by atoms with E-state index in [-0.39, 0.29) is 24.2 Å². The standard InChI is InChI=1S/C18H22N4O2S.ClH/c1-21(17(23)14-12-25-16(20-14)9-10-19)15-8-5-11-22(18(15)24)13-6-3-2-4-7-13;/h2-4,6-7,12,15H,5,8-11,19H2,1H3;1H. The molecule has 8 heteroatoms. The first-order valence-corrected chi connectivity index (χ1v) is 9.28. The van der Waals surface area contributed by atoms with Crippen LogP contribution in [0.15, 0.2) is 35.7 Å². The van der Waals surface area contributed by atoms with Crippen molar-refractivity contribution in [1.29, 1.82) is 0 Å². The summed E-state index contributed by atoms with van der Waals surface area (Å²) in [5, 5.41) is 2.59. The van der Waals surface area contributed by atoms with E-state index in [1.807, 2.05) is 30.3 Å². The van der Waals surface area contributed by atoms with Gasteiger partial charge in [-0.2, -0.15) is 0 Å². The second kappa shape index (κ2) is 9.12. The number of amides is 2. The van der Waals surface area contributed by atoms with Crippen molar-refractivity contribution >= 4 is 41.2 Å². The summed E-state index contributed by atoms with van der Waals surface area (Å²) in [5.74, 6) is -0.251. The van der Waals surface area contributed by atoms with E-state index in [0.717, 1.165) is 17.1 Å². The number of anilines is 1. The Balaban J connectivity index is 0.00000243. The number of carbonyl (C=O) groups is 2. The molecule has 2 aromatic rings. The number of thiazole rings is 1. The average Bonchev–Trinajstić information content (AvgIpc) is 3.10. The van der Waals surface area contributed by atoms with Crippen molar-refractivity contribution in [2.45, 2.75) is 25.3 Å². The Hall–Kier alpha value is -1.96. The molecule has 0 radical (unpaired) electrons. The molecule has 0 aliphatic carbocycles. The van der Waals surface area contributed by atoms with E-state index in [1.165, 1.54) is 16.2 Å². The van der Waals surface area contributed by atoms with Gasteiger partial charge in [0, 0.05) is 31.1 Å². The van der Waals surface area contributed by atoms with Gasteiger partial charge in [-0.25, -0.2) is 4.98 Å². The van der Waals surface area contributed by atoms with Crippen LogP contribution in [0.3, 0.4) is 0 Å². The normalized spacial score (nSPS) is 16.9. The number of piperidine rings is 1. The van der Waals surface area contributed by atoms with Gasteiger partial charge < -0.3 is 15.5 Å². The van der Waals surface area contributed by atoms with E-state index >= 15 is 0 Å². The minimum absolute atomic E-state index is 0. The molecule has 2 N–H and O–H groups in total. The number of nitrogens with two attached hydrogens (primary N) is 1. The Bertz CT molecular complexity index is 753. The van der Waals surface area contributed by atoms with E-state index in [9.17, 15) is 9.59 Å². The van der Waals surface area contributed by atoms with E-state index in [1.54, 1.807) is 17.3 Å². The maximum Gasteiger partial charge on any atom is 0.273 e. The monoisotopic (exact) mass is 394 g/mol. The van der Waals surface area contributed by atoms with Crippen LogP contribution < -0.4 is 10.6 Å². The lowest BCUT2D eigenvalue weighted by atomic mass is 10.0. The minimum Gasteiger partial charge on any atom is -0.330 e. The topological polar surface area (TPSA) is 79.5 Å². The van der Waals surface area contributed by atoms with Gasteiger partial charge in [-0.15, -0.1) is 23.7 Å². The summed E-state index contributed by atoms with van der Waals surface area (Å²) >= 11 is 1.43. The summed E-state index contributed by atoms with van der Waals surface area (Å²) in [6, 6.07) is 9.13. The van der Waals surface area contributed by atoms with Gasteiger partial charge in [0.15, 0.2) is 0 Å². The molecule has 1 aliphatic heterocycles. The van der Waals surface area contributed by atoms with Crippen molar-refractivity contribution in [2.24, 2.45) is 5.73 Å². The molecule has 0 bridgehead atoms. The molecule has 2 heterocycles. The maximum absolute atomic E-state index is 12.9. The molecular formula is C18H23ClN4O2S. The molecule has 6 nitrogen and oxygen atoms in total. The van der Waals surface area contributed by atoms with Crippen LogP contribution in [-0.4, -0.2) is 47.9 Å². The van der Waals surface area contributed by atoms with E-state index in [0.29, 0.717) is 31.6 Å². The molecule has 1 atom stereocenters. The molecular weight excluding hydrogens is 372 g/mol. The molecule has 0 spiro atoms. The van der Waals surface area contributed by atoms with Crippen LogP contribution in [-0.2, 0) is 11.2 Å². The highest BCUT2D eigenvalue weighted by Crippen LogP contribution is 2.24. The van der Waals surface area contributed by atoms with Gasteiger partial charge in [0.1, 0.15) is 11.7 Å². The number of aromatic nitrogens is 1. The summed E-state index contributed by atoms with van der Waals surface area (Å²) in [6.07, 6.45) is 2.19. The summed E-state index contributed by atoms with van der Waals surface area (Å²) in [5.41, 5.74) is 6.79. The van der Waals surface area contributed by atoms with Crippen molar-refractivity contribution in [3.05, 3.63) is 46.4 Å². The number of para-hydroxylation sites is 1. The van der Waals surface area contributed by atoms with Crippen LogP contribution in [0.2, 0.25) is 0 Å². The quantitative estimate of drug-likeness (QED) is 0.844. The van der Waals surface area contributed by atoms with Crippen molar-refractivity contribution < 1.29 is 9.59 Å². The predicted octanol–water partition coefficient (Wildman–Crippen LogP) is 2.33. The van der Waals surface area contributed by atoms with Crippen molar-refractivity contribution in [3.63, 3.8) is 0 Å². The Morgan fingerprint density at radius 2 is 2.12 bits per heavy atom. The van der Waals surface area contributed by atoms with E-state index < -0.39 is 6.04 Å². The molecule has 140 valence electrons. The third kappa shape index (κ3) is 4.23. The van der Waals surface area contributed by atoms with Crippen molar-refractivity contribution in [2.75, 3.05) is 25.0 Å². The molecule has 1 fully saturated rings. The third-order valence-electron chi connectivity index (χ3n) is 4.40. The van der Waals surface area contributed by atoms with E-state index in [4.69, 9.17) is 5.73 Å². The highest BCUT2D eigenvalue weighted by Gasteiger charge is 2.35. The zero-order valence-electron chi connectivity index (χ0n) is 14.6. The number of rotatable bonds is 5. The van der Waals surface area contributed by atoms with Gasteiger partial charge in [0.05, 0.1) is 5.01 Å². The first kappa shape index (κ1) is 20.4. The number of carbonyl (C=O) groups excluding carboxylic acids is 2. The molecule has 1 aliphatic rings. The summed E-state index contributed by atoms with van der Waals surface area (Å²) < 4.78 is 0. The second-order valence-corrected chi connectivity index (χ2v) is 7.01. The second-order valence-electron chi connectivity index (χ2n) is 6.06. The van der Waals surface area contributed by atoms with Crippen LogP contribution in [0.4, 0.5) is 5.69 Å². The minimum atomic E-state index is -0.457. The fourth-order valence-electron chi connectivity index (χ4n) is 3.05. The van der Waals surface area contributed by atoms with Crippen LogP contribution in [0.1, 0.15) is 28.3 Å². The molecule has 1 saturated heterocycles. The smallest absolute Gasteiger partial charge is 0.273 e. The number of hydrogen-bond donors (Lipinski definition) is 1. The van der Waals surface area contributed by atoms with Crippen molar-refractivity contribution in [3.8, 4) is 0 Å². The lowest BCUT2D eigenvalue weighted by molar-refractivity contribution is -0.124. The predicted molar refractivity (Wildman–Crippen MR) is 106 cm³/mol. The molecule has 1 aromatic heterocycles. The number of nitrogens with zero attached hydrogens (tertiary/aromatic N) is 3. The highest BCUT2D eigenvalue weighted by atomic mass is 35.5. The molecule has 1 aromatic carbocycles. The fraction of sp³-hybridized carbons (Fsp3) is 0.389. The lowest BCUT2D eigenvalue weighted by Gasteiger charge is -2.36.